The van der Waals surface area contributed by atoms with Gasteiger partial charge in [0.2, 0.25) is 5.91 Å². The van der Waals surface area contributed by atoms with E-state index >= 15 is 0 Å². The maximum Gasteiger partial charge on any atom is 0.348 e. The van der Waals surface area contributed by atoms with E-state index < -0.39 is 5.69 Å². The van der Waals surface area contributed by atoms with Gasteiger partial charge in [-0.05, 0) is 41.9 Å². The average molecular weight is 336 g/mol. The van der Waals surface area contributed by atoms with E-state index in [1.165, 1.54) is 4.57 Å². The molecule has 2 aromatic rings. The Morgan fingerprint density at radius 2 is 1.95 bits per heavy atom. The van der Waals surface area contributed by atoms with Crippen molar-refractivity contribution < 1.29 is 4.79 Å². The smallest absolute Gasteiger partial charge is 0.325 e. The monoisotopic (exact) mass is 335 g/mol. The molecule has 0 bridgehead atoms. The van der Waals surface area contributed by atoms with Crippen LogP contribution in [0, 0.1) is 13.8 Å². The summed E-state index contributed by atoms with van der Waals surface area (Å²) in [5, 5.41) is 2.74. The van der Waals surface area contributed by atoms with Crippen LogP contribution in [0.5, 0.6) is 0 Å². The molecule has 1 amide bonds. The van der Waals surface area contributed by atoms with Crippen molar-refractivity contribution in [2.45, 2.75) is 20.4 Å². The third-order valence-corrected chi connectivity index (χ3v) is 4.04. The third kappa shape index (κ3) is 3.14. The number of halogens is 1. The van der Waals surface area contributed by atoms with Crippen LogP contribution >= 0.6 is 15.9 Å². The molecule has 1 aromatic carbocycles. The number of hydrogen-bond acceptors (Lipinski definition) is 3. The summed E-state index contributed by atoms with van der Waals surface area (Å²) in [5.41, 5.74) is 1.58. The van der Waals surface area contributed by atoms with Crippen LogP contribution in [-0.2, 0) is 11.3 Å². The van der Waals surface area contributed by atoms with Crippen molar-refractivity contribution >= 4 is 27.5 Å². The van der Waals surface area contributed by atoms with Gasteiger partial charge in [0.05, 0.1) is 10.2 Å². The number of para-hydroxylation sites is 1. The van der Waals surface area contributed by atoms with Crippen molar-refractivity contribution in [3.05, 3.63) is 56.7 Å². The van der Waals surface area contributed by atoms with Crippen LogP contribution in [0.25, 0.3) is 0 Å². The number of anilines is 1. The zero-order chi connectivity index (χ0) is 14.7. The highest BCUT2D eigenvalue weighted by molar-refractivity contribution is 9.10. The van der Waals surface area contributed by atoms with Gasteiger partial charge in [-0.3, -0.25) is 9.36 Å². The van der Waals surface area contributed by atoms with E-state index in [1.807, 2.05) is 18.2 Å². The van der Waals surface area contributed by atoms with E-state index in [9.17, 15) is 9.59 Å². The lowest BCUT2D eigenvalue weighted by molar-refractivity contribution is -0.116. The molecule has 1 heterocycles. The van der Waals surface area contributed by atoms with Crippen molar-refractivity contribution in [1.29, 1.82) is 0 Å². The van der Waals surface area contributed by atoms with E-state index in [2.05, 4.69) is 26.2 Å². The number of hydrogen-bond donors (Lipinski definition) is 1. The molecule has 0 fully saturated rings. The minimum atomic E-state index is -0.425. The quantitative estimate of drug-likeness (QED) is 0.935. The Balaban J connectivity index is 2.21. The standard InChI is InChI=1S/C14H14BrN3O2/c1-9-13(15)10(2)18(14(20)16-9)8-12(19)17-11-6-4-3-5-7-11/h3-7H,8H2,1-2H3,(H,17,19). The molecule has 0 unspecified atom stereocenters. The second-order valence-electron chi connectivity index (χ2n) is 4.38. The molecule has 0 radical (unpaired) electrons. The fourth-order valence-electron chi connectivity index (χ4n) is 1.83. The second-order valence-corrected chi connectivity index (χ2v) is 5.17. The zero-order valence-electron chi connectivity index (χ0n) is 11.2. The van der Waals surface area contributed by atoms with E-state index in [0.29, 0.717) is 17.1 Å². The lowest BCUT2D eigenvalue weighted by Gasteiger charge is -2.12. The summed E-state index contributed by atoms with van der Waals surface area (Å²) in [6.45, 7) is 3.45. The number of aromatic nitrogens is 2. The number of amides is 1. The van der Waals surface area contributed by atoms with Gasteiger partial charge in [0.15, 0.2) is 0 Å². The molecule has 20 heavy (non-hydrogen) atoms. The van der Waals surface area contributed by atoms with E-state index in [4.69, 9.17) is 0 Å². The maximum atomic E-state index is 12.0. The molecule has 0 aliphatic heterocycles. The van der Waals surface area contributed by atoms with Gasteiger partial charge in [0.1, 0.15) is 6.54 Å². The van der Waals surface area contributed by atoms with Crippen LogP contribution in [0.4, 0.5) is 5.69 Å². The number of nitrogens with zero attached hydrogens (tertiary/aromatic N) is 2. The van der Waals surface area contributed by atoms with Crippen LogP contribution in [0.1, 0.15) is 11.4 Å². The Morgan fingerprint density at radius 3 is 2.60 bits per heavy atom. The minimum absolute atomic E-state index is 0.0640. The highest BCUT2D eigenvalue weighted by Crippen LogP contribution is 2.16. The maximum absolute atomic E-state index is 12.0. The third-order valence-electron chi connectivity index (χ3n) is 2.89. The zero-order valence-corrected chi connectivity index (χ0v) is 12.8. The van der Waals surface area contributed by atoms with E-state index in [0.717, 1.165) is 4.47 Å². The number of nitrogens with one attached hydrogen (secondary N) is 1. The summed E-state index contributed by atoms with van der Waals surface area (Å²) in [5.74, 6) is -0.265. The number of benzene rings is 1. The predicted octanol–water partition coefficient (Wildman–Crippen LogP) is 2.26. The van der Waals surface area contributed by atoms with E-state index in [1.54, 1.807) is 26.0 Å². The van der Waals surface area contributed by atoms with Crippen molar-refractivity contribution in [2.24, 2.45) is 0 Å². The summed E-state index contributed by atoms with van der Waals surface area (Å²) >= 11 is 3.37. The lowest BCUT2D eigenvalue weighted by Crippen LogP contribution is -2.31. The van der Waals surface area contributed by atoms with Crippen LogP contribution < -0.4 is 11.0 Å². The molecule has 1 aromatic heterocycles. The molecule has 0 atom stereocenters. The molecule has 0 saturated heterocycles. The molecule has 2 rings (SSSR count). The first-order valence-corrected chi connectivity index (χ1v) is 6.87. The van der Waals surface area contributed by atoms with Crippen molar-refractivity contribution in [3.8, 4) is 0 Å². The molecule has 0 spiro atoms. The Bertz CT molecular complexity index is 696. The number of carbonyl (C=O) groups excluding carboxylic acids is 1. The molecule has 5 nitrogen and oxygen atoms in total. The van der Waals surface area contributed by atoms with Gasteiger partial charge < -0.3 is 5.32 Å². The predicted molar refractivity (Wildman–Crippen MR) is 80.7 cm³/mol. The molecule has 0 aliphatic rings. The summed E-state index contributed by atoms with van der Waals surface area (Å²) in [6.07, 6.45) is 0. The first kappa shape index (κ1) is 14.5. The normalized spacial score (nSPS) is 10.3. The summed E-state index contributed by atoms with van der Waals surface area (Å²) < 4.78 is 2.08. The minimum Gasteiger partial charge on any atom is -0.325 e. The Morgan fingerprint density at radius 1 is 1.30 bits per heavy atom. The Hall–Kier alpha value is -1.95. The van der Waals surface area contributed by atoms with Gasteiger partial charge in [0.25, 0.3) is 0 Å². The highest BCUT2D eigenvalue weighted by Gasteiger charge is 2.12. The summed E-state index contributed by atoms with van der Waals surface area (Å²) in [4.78, 5) is 27.7. The Kier molecular flexibility index (Phi) is 4.34. The van der Waals surface area contributed by atoms with E-state index in [-0.39, 0.29) is 12.5 Å². The molecule has 6 heteroatoms. The Labute approximate surface area is 124 Å². The molecular formula is C14H14BrN3O2. The molecule has 0 aliphatic carbocycles. The first-order valence-electron chi connectivity index (χ1n) is 6.07. The van der Waals surface area contributed by atoms with Gasteiger partial charge in [-0.25, -0.2) is 4.79 Å². The van der Waals surface area contributed by atoms with Gasteiger partial charge in [-0.2, -0.15) is 4.98 Å². The van der Waals surface area contributed by atoms with Gasteiger partial charge in [0, 0.05) is 11.4 Å². The SMILES string of the molecule is Cc1nc(=O)n(CC(=O)Nc2ccccc2)c(C)c1Br. The summed E-state index contributed by atoms with van der Waals surface area (Å²) in [6, 6.07) is 9.10. The average Bonchev–Trinajstić information content (AvgIpc) is 2.42. The van der Waals surface area contributed by atoms with Gasteiger partial charge >= 0.3 is 5.69 Å². The second kappa shape index (κ2) is 6.00. The lowest BCUT2D eigenvalue weighted by atomic mass is 10.3. The molecule has 1 N–H and O–H groups in total. The van der Waals surface area contributed by atoms with Crippen molar-refractivity contribution in [2.75, 3.05) is 5.32 Å². The molecule has 104 valence electrons. The number of carbonyl (C=O) groups is 1. The topological polar surface area (TPSA) is 64.0 Å². The first-order chi connectivity index (χ1) is 9.49. The summed E-state index contributed by atoms with van der Waals surface area (Å²) in [7, 11) is 0. The van der Waals surface area contributed by atoms with Crippen LogP contribution in [0.3, 0.4) is 0 Å². The largest absolute Gasteiger partial charge is 0.348 e. The van der Waals surface area contributed by atoms with Gasteiger partial charge in [-0.15, -0.1) is 0 Å². The number of aryl methyl sites for hydroxylation is 1. The molecular weight excluding hydrogens is 322 g/mol. The fraction of sp³-hybridized carbons (Fsp3) is 0.214. The van der Waals surface area contributed by atoms with Crippen LogP contribution in [-0.4, -0.2) is 15.5 Å². The van der Waals surface area contributed by atoms with Crippen molar-refractivity contribution in [3.63, 3.8) is 0 Å². The van der Waals surface area contributed by atoms with Crippen LogP contribution in [0.2, 0.25) is 0 Å². The highest BCUT2D eigenvalue weighted by atomic mass is 79.9. The van der Waals surface area contributed by atoms with Gasteiger partial charge in [-0.1, -0.05) is 18.2 Å². The number of rotatable bonds is 3. The fourth-order valence-corrected chi connectivity index (χ4v) is 2.13. The van der Waals surface area contributed by atoms with Crippen LogP contribution in [0.15, 0.2) is 39.6 Å². The van der Waals surface area contributed by atoms with Crippen molar-refractivity contribution in [1.82, 2.24) is 9.55 Å². The molecule has 0 saturated carbocycles.